The lowest BCUT2D eigenvalue weighted by Gasteiger charge is -2.14. The first-order valence-electron chi connectivity index (χ1n) is 9.55. The first kappa shape index (κ1) is 24.7. The number of amides is 2. The van der Waals surface area contributed by atoms with Gasteiger partial charge in [0.25, 0.3) is 17.5 Å². The summed E-state index contributed by atoms with van der Waals surface area (Å²) in [7, 11) is 1.40. The van der Waals surface area contributed by atoms with Gasteiger partial charge in [-0.15, -0.1) is 0 Å². The summed E-state index contributed by atoms with van der Waals surface area (Å²) < 4.78 is 18.6. The van der Waals surface area contributed by atoms with E-state index in [9.17, 15) is 24.1 Å². The van der Waals surface area contributed by atoms with Crippen LogP contribution in [0.4, 0.5) is 15.8 Å². The number of carbonyl (C=O) groups excluding carboxylic acids is 2. The molecule has 0 fully saturated rings. The van der Waals surface area contributed by atoms with E-state index in [-0.39, 0.29) is 33.2 Å². The molecule has 0 bridgehead atoms. The van der Waals surface area contributed by atoms with Gasteiger partial charge in [0, 0.05) is 17.2 Å². The van der Waals surface area contributed by atoms with Crippen LogP contribution in [-0.4, -0.2) is 23.8 Å². The number of hydrogen-bond donors (Lipinski definition) is 2. The predicted octanol–water partition coefficient (Wildman–Crippen LogP) is 5.46. The Morgan fingerprint density at radius 2 is 1.85 bits per heavy atom. The summed E-state index contributed by atoms with van der Waals surface area (Å²) >= 11 is 12.0. The molecule has 0 saturated carbocycles. The normalized spacial score (nSPS) is 11.0. The topological polar surface area (TPSA) is 111 Å². The van der Waals surface area contributed by atoms with Crippen LogP contribution in [0.3, 0.4) is 0 Å². The molecular weight excluding hydrogens is 488 g/mol. The zero-order chi connectivity index (χ0) is 24.8. The summed E-state index contributed by atoms with van der Waals surface area (Å²) in [6, 6.07) is 13.2. The molecule has 0 aliphatic rings. The van der Waals surface area contributed by atoms with Crippen molar-refractivity contribution in [2.45, 2.75) is 0 Å². The molecule has 0 saturated heterocycles. The molecule has 0 aliphatic carbocycles. The van der Waals surface area contributed by atoms with E-state index in [0.717, 1.165) is 18.2 Å². The van der Waals surface area contributed by atoms with Gasteiger partial charge in [-0.3, -0.25) is 19.7 Å². The van der Waals surface area contributed by atoms with Gasteiger partial charge < -0.3 is 15.4 Å². The number of anilines is 1. The van der Waals surface area contributed by atoms with E-state index in [1.54, 1.807) is 12.1 Å². The van der Waals surface area contributed by atoms with Crippen LogP contribution in [0.25, 0.3) is 6.08 Å². The van der Waals surface area contributed by atoms with Gasteiger partial charge in [0.05, 0.1) is 28.3 Å². The Kier molecular flexibility index (Phi) is 7.83. The highest BCUT2D eigenvalue weighted by atomic mass is 35.5. The van der Waals surface area contributed by atoms with Crippen molar-refractivity contribution in [2.75, 3.05) is 12.4 Å². The molecule has 8 nitrogen and oxygen atoms in total. The van der Waals surface area contributed by atoms with Crippen molar-refractivity contribution in [3.05, 3.63) is 103 Å². The minimum atomic E-state index is -0.796. The summed E-state index contributed by atoms with van der Waals surface area (Å²) in [6.07, 6.45) is 1.24. The second kappa shape index (κ2) is 10.8. The number of nitro groups is 1. The van der Waals surface area contributed by atoms with Crippen molar-refractivity contribution in [2.24, 2.45) is 0 Å². The standard InChI is InChI=1S/C23H16Cl2FN3O5/c1-34-21-8-5-14(24)11-19(21)27-23(31)20(10-13-3-2-4-16(9-13)29(32)33)28-22(30)17-7-6-15(26)12-18(17)25/h2-12H,1H3,(H,27,31)(H,28,30). The van der Waals surface area contributed by atoms with Crippen LogP contribution in [0.2, 0.25) is 10.0 Å². The SMILES string of the molecule is COc1ccc(Cl)cc1NC(=O)C(=Cc1cccc([N+](=O)[O-])c1)NC(=O)c1ccc(F)cc1Cl. The molecule has 0 unspecified atom stereocenters. The van der Waals surface area contributed by atoms with Crippen LogP contribution < -0.4 is 15.4 Å². The van der Waals surface area contributed by atoms with E-state index in [2.05, 4.69) is 10.6 Å². The molecule has 2 N–H and O–H groups in total. The molecule has 11 heteroatoms. The van der Waals surface area contributed by atoms with Gasteiger partial charge in [-0.05, 0) is 48.0 Å². The summed E-state index contributed by atoms with van der Waals surface area (Å²) in [5.74, 6) is -1.91. The average Bonchev–Trinajstić information content (AvgIpc) is 2.78. The Labute approximate surface area is 203 Å². The largest absolute Gasteiger partial charge is 0.495 e. The number of nitrogens with one attached hydrogen (secondary N) is 2. The number of non-ortho nitro benzene ring substituents is 1. The molecule has 0 aromatic heterocycles. The van der Waals surface area contributed by atoms with Crippen LogP contribution in [0, 0.1) is 15.9 Å². The van der Waals surface area contributed by atoms with Crippen molar-refractivity contribution in [3.8, 4) is 5.75 Å². The summed E-state index contributed by atoms with van der Waals surface area (Å²) in [5.41, 5.74) is -0.0751. The number of hydrogen-bond acceptors (Lipinski definition) is 5. The highest BCUT2D eigenvalue weighted by molar-refractivity contribution is 6.34. The fourth-order valence-corrected chi connectivity index (χ4v) is 3.31. The van der Waals surface area contributed by atoms with E-state index in [4.69, 9.17) is 27.9 Å². The molecule has 0 radical (unpaired) electrons. The van der Waals surface area contributed by atoms with Gasteiger partial charge in [0.15, 0.2) is 0 Å². The van der Waals surface area contributed by atoms with E-state index in [0.29, 0.717) is 10.8 Å². The number of rotatable bonds is 7. The molecule has 34 heavy (non-hydrogen) atoms. The highest BCUT2D eigenvalue weighted by Gasteiger charge is 2.19. The molecular formula is C23H16Cl2FN3O5. The quantitative estimate of drug-likeness (QED) is 0.252. The predicted molar refractivity (Wildman–Crippen MR) is 127 cm³/mol. The summed E-state index contributed by atoms with van der Waals surface area (Å²) in [5, 5.41) is 16.3. The number of halogens is 3. The van der Waals surface area contributed by atoms with Gasteiger partial charge in [-0.25, -0.2) is 4.39 Å². The van der Waals surface area contributed by atoms with Crippen molar-refractivity contribution >= 4 is 52.5 Å². The van der Waals surface area contributed by atoms with Crippen LogP contribution in [0.1, 0.15) is 15.9 Å². The molecule has 3 aromatic rings. The van der Waals surface area contributed by atoms with E-state index in [1.807, 2.05) is 0 Å². The van der Waals surface area contributed by atoms with Gasteiger partial charge in [0.2, 0.25) is 0 Å². The number of nitro benzene ring substituents is 1. The average molecular weight is 504 g/mol. The zero-order valence-corrected chi connectivity index (χ0v) is 19.0. The minimum Gasteiger partial charge on any atom is -0.495 e. The number of methoxy groups -OCH3 is 1. The van der Waals surface area contributed by atoms with Crippen LogP contribution >= 0.6 is 23.2 Å². The van der Waals surface area contributed by atoms with E-state index in [1.165, 1.54) is 43.5 Å². The fourth-order valence-electron chi connectivity index (χ4n) is 2.88. The molecule has 0 heterocycles. The molecule has 0 atom stereocenters. The molecule has 174 valence electrons. The monoisotopic (exact) mass is 503 g/mol. The molecule has 0 aliphatic heterocycles. The first-order chi connectivity index (χ1) is 16.2. The Morgan fingerprint density at radius 1 is 1.09 bits per heavy atom. The van der Waals surface area contributed by atoms with Crippen molar-refractivity contribution in [1.82, 2.24) is 5.32 Å². The maximum atomic E-state index is 13.4. The van der Waals surface area contributed by atoms with Gasteiger partial charge in [-0.2, -0.15) is 0 Å². The van der Waals surface area contributed by atoms with E-state index < -0.39 is 22.6 Å². The Balaban J connectivity index is 2.00. The lowest BCUT2D eigenvalue weighted by Crippen LogP contribution is -2.31. The smallest absolute Gasteiger partial charge is 0.272 e. The zero-order valence-electron chi connectivity index (χ0n) is 17.5. The minimum absolute atomic E-state index is 0.0823. The second-order valence-corrected chi connectivity index (χ2v) is 7.63. The van der Waals surface area contributed by atoms with Crippen molar-refractivity contribution in [1.29, 1.82) is 0 Å². The summed E-state index contributed by atoms with van der Waals surface area (Å²) in [6.45, 7) is 0. The maximum absolute atomic E-state index is 13.4. The lowest BCUT2D eigenvalue weighted by atomic mass is 10.1. The third-order valence-electron chi connectivity index (χ3n) is 4.47. The highest BCUT2D eigenvalue weighted by Crippen LogP contribution is 2.28. The third kappa shape index (κ3) is 6.09. The first-order valence-corrected chi connectivity index (χ1v) is 10.3. The number of ether oxygens (including phenoxy) is 1. The Morgan fingerprint density at radius 3 is 2.53 bits per heavy atom. The van der Waals surface area contributed by atoms with Crippen LogP contribution in [-0.2, 0) is 4.79 Å². The fraction of sp³-hybridized carbons (Fsp3) is 0.0435. The Hall–Kier alpha value is -3.95. The maximum Gasteiger partial charge on any atom is 0.272 e. The molecule has 3 aromatic carbocycles. The molecule has 2 amide bonds. The van der Waals surface area contributed by atoms with Gasteiger partial charge >= 0.3 is 0 Å². The third-order valence-corrected chi connectivity index (χ3v) is 5.02. The number of carbonyl (C=O) groups is 2. The lowest BCUT2D eigenvalue weighted by molar-refractivity contribution is -0.384. The van der Waals surface area contributed by atoms with Crippen LogP contribution in [0.15, 0.2) is 66.4 Å². The Bertz CT molecular complexity index is 1310. The van der Waals surface area contributed by atoms with E-state index >= 15 is 0 Å². The second-order valence-electron chi connectivity index (χ2n) is 6.79. The van der Waals surface area contributed by atoms with Crippen molar-refractivity contribution in [3.63, 3.8) is 0 Å². The van der Waals surface area contributed by atoms with Gasteiger partial charge in [0.1, 0.15) is 17.3 Å². The molecule has 0 spiro atoms. The number of benzene rings is 3. The van der Waals surface area contributed by atoms with Gasteiger partial charge in [-0.1, -0.05) is 35.3 Å². The number of nitrogens with zero attached hydrogens (tertiary/aromatic N) is 1. The molecule has 3 rings (SSSR count). The van der Waals surface area contributed by atoms with Crippen molar-refractivity contribution < 1.29 is 23.6 Å². The summed E-state index contributed by atoms with van der Waals surface area (Å²) in [4.78, 5) is 36.4. The van der Waals surface area contributed by atoms with Crippen LogP contribution in [0.5, 0.6) is 5.75 Å².